The number of aliphatic hydroxyl groups excluding tert-OH is 1. The summed E-state index contributed by atoms with van der Waals surface area (Å²) in [7, 11) is 0. The molecule has 5 heteroatoms. The number of hydrogen-bond acceptors (Lipinski definition) is 5. The fourth-order valence-corrected chi connectivity index (χ4v) is 1.21. The molecule has 0 fully saturated rings. The molecular weight excluding hydrogens is 248 g/mol. The normalized spacial score (nSPS) is 11.7. The van der Waals surface area contributed by atoms with Gasteiger partial charge in [-0.2, -0.15) is 0 Å². The van der Waals surface area contributed by atoms with Gasteiger partial charge in [-0.15, -0.1) is 0 Å². The van der Waals surface area contributed by atoms with E-state index in [0.717, 1.165) is 0 Å². The highest BCUT2D eigenvalue weighted by Crippen LogP contribution is 2.12. The lowest BCUT2D eigenvalue weighted by Crippen LogP contribution is -2.30. The molecule has 0 amide bonds. The summed E-state index contributed by atoms with van der Waals surface area (Å²) in [6, 6.07) is 8.95. The molecule has 0 aliphatic heterocycles. The first kappa shape index (κ1) is 15.2. The van der Waals surface area contributed by atoms with Crippen molar-refractivity contribution in [3.8, 4) is 5.75 Å². The van der Waals surface area contributed by atoms with Gasteiger partial charge in [-0.1, -0.05) is 24.8 Å². The third-order valence-electron chi connectivity index (χ3n) is 2.09. The van der Waals surface area contributed by atoms with Crippen LogP contribution in [-0.4, -0.2) is 37.2 Å². The second-order valence-electron chi connectivity index (χ2n) is 3.84. The molecule has 0 saturated heterocycles. The molecule has 0 radical (unpaired) electrons. The predicted octanol–water partition coefficient (Wildman–Crippen LogP) is 1.52. The van der Waals surface area contributed by atoms with E-state index >= 15 is 0 Å². The van der Waals surface area contributed by atoms with Crippen LogP contribution in [0.15, 0.2) is 42.5 Å². The zero-order valence-electron chi connectivity index (χ0n) is 10.9. The Morgan fingerprint density at radius 1 is 1.37 bits per heavy atom. The van der Waals surface area contributed by atoms with Crippen LogP contribution in [0.1, 0.15) is 6.92 Å². The Bertz CT molecular complexity index is 402. The average Bonchev–Trinajstić information content (AvgIpc) is 2.40. The second-order valence-corrected chi connectivity index (χ2v) is 3.84. The summed E-state index contributed by atoms with van der Waals surface area (Å²) in [4.78, 5) is 11.5. The van der Waals surface area contributed by atoms with E-state index in [4.69, 9.17) is 19.3 Å². The Labute approximate surface area is 112 Å². The standard InChI is InChI=1S/C14H18O5/c1-11(2)14(16)19-13(10-17-9-8-15)18-12-6-4-3-5-7-12/h3-7,13,15H,1,8-10H2,2H3. The summed E-state index contributed by atoms with van der Waals surface area (Å²) >= 11 is 0. The molecule has 0 spiro atoms. The van der Waals surface area contributed by atoms with Crippen LogP contribution in [0.25, 0.3) is 0 Å². The molecule has 1 aromatic carbocycles. The molecule has 0 aromatic heterocycles. The van der Waals surface area contributed by atoms with Crippen molar-refractivity contribution in [1.29, 1.82) is 0 Å². The number of carbonyl (C=O) groups is 1. The number of esters is 1. The zero-order chi connectivity index (χ0) is 14.1. The van der Waals surface area contributed by atoms with Gasteiger partial charge in [-0.25, -0.2) is 4.79 Å². The highest BCUT2D eigenvalue weighted by Gasteiger charge is 2.16. The molecule has 0 heterocycles. The summed E-state index contributed by atoms with van der Waals surface area (Å²) in [5.41, 5.74) is 0.281. The second kappa shape index (κ2) is 8.29. The molecule has 1 rings (SSSR count). The largest absolute Gasteiger partial charge is 0.452 e. The smallest absolute Gasteiger partial charge is 0.336 e. The van der Waals surface area contributed by atoms with Crippen LogP contribution in [0.5, 0.6) is 5.75 Å². The molecule has 0 saturated carbocycles. The van der Waals surface area contributed by atoms with Gasteiger partial charge in [0.1, 0.15) is 12.4 Å². The molecular formula is C14H18O5. The first-order valence-corrected chi connectivity index (χ1v) is 5.90. The fourth-order valence-electron chi connectivity index (χ4n) is 1.21. The van der Waals surface area contributed by atoms with Crippen molar-refractivity contribution in [2.24, 2.45) is 0 Å². The highest BCUT2D eigenvalue weighted by molar-refractivity contribution is 5.87. The maximum Gasteiger partial charge on any atom is 0.336 e. The van der Waals surface area contributed by atoms with Crippen LogP contribution in [-0.2, 0) is 14.3 Å². The van der Waals surface area contributed by atoms with Crippen molar-refractivity contribution in [2.45, 2.75) is 13.2 Å². The van der Waals surface area contributed by atoms with Crippen molar-refractivity contribution in [1.82, 2.24) is 0 Å². The number of aliphatic hydroxyl groups is 1. The fraction of sp³-hybridized carbons (Fsp3) is 0.357. The topological polar surface area (TPSA) is 65.0 Å². The maximum absolute atomic E-state index is 11.5. The third kappa shape index (κ3) is 6.03. The van der Waals surface area contributed by atoms with E-state index in [1.54, 1.807) is 19.1 Å². The van der Waals surface area contributed by atoms with Gasteiger partial charge in [-0.05, 0) is 19.1 Å². The summed E-state index contributed by atoms with van der Waals surface area (Å²) < 4.78 is 15.7. The zero-order valence-corrected chi connectivity index (χ0v) is 10.9. The lowest BCUT2D eigenvalue weighted by molar-refractivity contribution is -0.167. The van der Waals surface area contributed by atoms with Crippen LogP contribution in [0.3, 0.4) is 0 Å². The summed E-state index contributed by atoms with van der Waals surface area (Å²) in [5.74, 6) is 0.0168. The molecule has 5 nitrogen and oxygen atoms in total. The number of benzene rings is 1. The predicted molar refractivity (Wildman–Crippen MR) is 69.7 cm³/mol. The quantitative estimate of drug-likeness (QED) is 0.334. The van der Waals surface area contributed by atoms with Gasteiger partial charge in [0.05, 0.1) is 13.2 Å². The first-order chi connectivity index (χ1) is 9.13. The number of rotatable bonds is 8. The minimum absolute atomic E-state index is 0.0362. The Hall–Kier alpha value is -1.85. The first-order valence-electron chi connectivity index (χ1n) is 5.90. The number of carbonyl (C=O) groups excluding carboxylic acids is 1. The summed E-state index contributed by atoms with van der Waals surface area (Å²) in [5, 5.41) is 8.65. The number of para-hydroxylation sites is 1. The van der Waals surface area contributed by atoms with E-state index in [-0.39, 0.29) is 25.4 Å². The van der Waals surface area contributed by atoms with E-state index in [0.29, 0.717) is 5.75 Å². The molecule has 1 atom stereocenters. The van der Waals surface area contributed by atoms with Crippen molar-refractivity contribution < 1.29 is 24.1 Å². The minimum atomic E-state index is -0.877. The van der Waals surface area contributed by atoms with E-state index in [9.17, 15) is 4.79 Å². The lowest BCUT2D eigenvalue weighted by Gasteiger charge is -2.19. The van der Waals surface area contributed by atoms with Crippen LogP contribution in [0.2, 0.25) is 0 Å². The van der Waals surface area contributed by atoms with Gasteiger partial charge in [0.25, 0.3) is 6.29 Å². The minimum Gasteiger partial charge on any atom is -0.452 e. The van der Waals surface area contributed by atoms with Crippen LogP contribution >= 0.6 is 0 Å². The molecule has 19 heavy (non-hydrogen) atoms. The van der Waals surface area contributed by atoms with Gasteiger partial charge in [0.15, 0.2) is 0 Å². The van der Waals surface area contributed by atoms with Crippen LogP contribution < -0.4 is 4.74 Å². The number of hydrogen-bond donors (Lipinski definition) is 1. The number of ether oxygens (including phenoxy) is 3. The Kier molecular flexibility index (Phi) is 6.63. The van der Waals surface area contributed by atoms with Crippen molar-refractivity contribution in [3.63, 3.8) is 0 Å². The van der Waals surface area contributed by atoms with Crippen molar-refractivity contribution in [2.75, 3.05) is 19.8 Å². The maximum atomic E-state index is 11.5. The monoisotopic (exact) mass is 266 g/mol. The molecule has 0 bridgehead atoms. The van der Waals surface area contributed by atoms with Gasteiger partial charge >= 0.3 is 5.97 Å². The highest BCUT2D eigenvalue weighted by atomic mass is 16.7. The van der Waals surface area contributed by atoms with Crippen molar-refractivity contribution >= 4 is 5.97 Å². The van der Waals surface area contributed by atoms with Gasteiger partial charge in [0.2, 0.25) is 0 Å². The summed E-state index contributed by atoms with van der Waals surface area (Å²) in [6.45, 7) is 5.14. The van der Waals surface area contributed by atoms with E-state index in [1.807, 2.05) is 18.2 Å². The van der Waals surface area contributed by atoms with Gasteiger partial charge < -0.3 is 19.3 Å². The Balaban J connectivity index is 2.58. The average molecular weight is 266 g/mol. The van der Waals surface area contributed by atoms with Gasteiger partial charge in [0, 0.05) is 5.57 Å². The molecule has 104 valence electrons. The third-order valence-corrected chi connectivity index (χ3v) is 2.09. The molecule has 0 aliphatic carbocycles. The van der Waals surface area contributed by atoms with Crippen molar-refractivity contribution in [3.05, 3.63) is 42.5 Å². The van der Waals surface area contributed by atoms with Crippen LogP contribution in [0, 0.1) is 0 Å². The Morgan fingerprint density at radius 2 is 2.05 bits per heavy atom. The van der Waals surface area contributed by atoms with E-state index < -0.39 is 12.3 Å². The molecule has 0 aliphatic rings. The molecule has 1 aromatic rings. The molecule has 1 N–H and O–H groups in total. The van der Waals surface area contributed by atoms with E-state index in [1.165, 1.54) is 0 Å². The lowest BCUT2D eigenvalue weighted by atomic mass is 10.3. The Morgan fingerprint density at radius 3 is 2.63 bits per heavy atom. The van der Waals surface area contributed by atoms with Gasteiger partial charge in [-0.3, -0.25) is 0 Å². The summed E-state index contributed by atoms with van der Waals surface area (Å²) in [6.07, 6.45) is -0.877. The van der Waals surface area contributed by atoms with Crippen LogP contribution in [0.4, 0.5) is 0 Å². The SMILES string of the molecule is C=C(C)C(=O)OC(COCCO)Oc1ccccc1. The molecule has 1 unspecified atom stereocenters. The van der Waals surface area contributed by atoms with E-state index in [2.05, 4.69) is 6.58 Å².